The number of rotatable bonds is 4. The van der Waals surface area contributed by atoms with Gasteiger partial charge in [0.05, 0.1) is 8.66 Å². The SMILES string of the molecule is CCC1(CNC(=O)c2cc(Br)c(Br)s2)CC1. The van der Waals surface area contributed by atoms with Crippen LogP contribution in [0.2, 0.25) is 0 Å². The summed E-state index contributed by atoms with van der Waals surface area (Å²) >= 11 is 8.24. The third-order valence-corrected chi connectivity index (χ3v) is 6.46. The van der Waals surface area contributed by atoms with Crippen molar-refractivity contribution in [1.82, 2.24) is 5.32 Å². The summed E-state index contributed by atoms with van der Waals surface area (Å²) in [6.07, 6.45) is 3.66. The number of thiophene rings is 1. The third-order valence-electron chi connectivity index (χ3n) is 3.20. The molecule has 1 aliphatic rings. The van der Waals surface area contributed by atoms with Gasteiger partial charge in [-0.25, -0.2) is 0 Å². The zero-order chi connectivity index (χ0) is 11.8. The summed E-state index contributed by atoms with van der Waals surface area (Å²) in [5, 5.41) is 3.02. The van der Waals surface area contributed by atoms with E-state index in [-0.39, 0.29) is 5.91 Å². The van der Waals surface area contributed by atoms with Gasteiger partial charge in [-0.2, -0.15) is 0 Å². The van der Waals surface area contributed by atoms with E-state index in [0.29, 0.717) is 5.41 Å². The molecule has 0 bridgehead atoms. The third kappa shape index (κ3) is 2.68. The normalized spacial score (nSPS) is 17.2. The Labute approximate surface area is 116 Å². The van der Waals surface area contributed by atoms with Crippen molar-refractivity contribution in [2.75, 3.05) is 6.54 Å². The van der Waals surface area contributed by atoms with E-state index in [9.17, 15) is 4.79 Å². The molecule has 0 radical (unpaired) electrons. The van der Waals surface area contributed by atoms with Gasteiger partial charge in [0, 0.05) is 11.0 Å². The molecule has 2 rings (SSSR count). The van der Waals surface area contributed by atoms with Gasteiger partial charge in [-0.15, -0.1) is 11.3 Å². The van der Waals surface area contributed by atoms with Crippen molar-refractivity contribution >= 4 is 49.1 Å². The molecule has 0 aliphatic heterocycles. The maximum absolute atomic E-state index is 11.9. The van der Waals surface area contributed by atoms with Crippen LogP contribution in [0.25, 0.3) is 0 Å². The highest BCUT2D eigenvalue weighted by molar-refractivity contribution is 9.13. The number of hydrogen-bond acceptors (Lipinski definition) is 2. The second kappa shape index (κ2) is 4.78. The lowest BCUT2D eigenvalue weighted by Gasteiger charge is -2.12. The Balaban J connectivity index is 1.93. The van der Waals surface area contributed by atoms with Crippen molar-refractivity contribution in [2.24, 2.45) is 5.41 Å². The maximum atomic E-state index is 11.9. The predicted octanol–water partition coefficient (Wildman–Crippen LogP) is 4.19. The van der Waals surface area contributed by atoms with E-state index >= 15 is 0 Å². The second-order valence-corrected chi connectivity index (χ2v) is 7.49. The summed E-state index contributed by atoms with van der Waals surface area (Å²) in [6.45, 7) is 3.01. The number of carbonyl (C=O) groups excluding carboxylic acids is 1. The monoisotopic (exact) mass is 365 g/mol. The summed E-state index contributed by atoms with van der Waals surface area (Å²) in [4.78, 5) is 12.6. The van der Waals surface area contributed by atoms with Gasteiger partial charge >= 0.3 is 0 Å². The molecule has 1 aliphatic carbocycles. The molecule has 16 heavy (non-hydrogen) atoms. The number of nitrogens with one attached hydrogen (secondary N) is 1. The molecule has 1 amide bonds. The molecule has 0 atom stereocenters. The first-order chi connectivity index (χ1) is 7.56. The fourth-order valence-corrected chi connectivity index (χ4v) is 3.60. The van der Waals surface area contributed by atoms with E-state index in [4.69, 9.17) is 0 Å². The molecule has 0 spiro atoms. The van der Waals surface area contributed by atoms with Crippen LogP contribution in [0, 0.1) is 5.41 Å². The molecule has 2 nitrogen and oxygen atoms in total. The Morgan fingerprint density at radius 2 is 2.25 bits per heavy atom. The van der Waals surface area contributed by atoms with Crippen LogP contribution in [0.5, 0.6) is 0 Å². The van der Waals surface area contributed by atoms with Gasteiger partial charge in [-0.05, 0) is 62.6 Å². The van der Waals surface area contributed by atoms with Crippen LogP contribution in [0.3, 0.4) is 0 Å². The quantitative estimate of drug-likeness (QED) is 0.850. The fraction of sp³-hybridized carbons (Fsp3) is 0.545. The minimum Gasteiger partial charge on any atom is -0.351 e. The highest BCUT2D eigenvalue weighted by Crippen LogP contribution is 2.47. The Kier molecular flexibility index (Phi) is 3.76. The molecule has 5 heteroatoms. The molecule has 0 saturated heterocycles. The van der Waals surface area contributed by atoms with E-state index in [1.807, 2.05) is 6.07 Å². The summed E-state index contributed by atoms with van der Waals surface area (Å²) < 4.78 is 1.91. The molecule has 1 fully saturated rings. The van der Waals surface area contributed by atoms with E-state index in [2.05, 4.69) is 44.1 Å². The number of amides is 1. The average molecular weight is 367 g/mol. The van der Waals surface area contributed by atoms with E-state index in [0.717, 1.165) is 26.1 Å². The minimum absolute atomic E-state index is 0.0381. The molecule has 1 saturated carbocycles. The lowest BCUT2D eigenvalue weighted by atomic mass is 10.0. The van der Waals surface area contributed by atoms with Crippen molar-refractivity contribution < 1.29 is 4.79 Å². The van der Waals surface area contributed by atoms with E-state index in [1.54, 1.807) is 0 Å². The van der Waals surface area contributed by atoms with Crippen molar-refractivity contribution in [2.45, 2.75) is 26.2 Å². The number of hydrogen-bond donors (Lipinski definition) is 1. The van der Waals surface area contributed by atoms with Crippen LogP contribution < -0.4 is 5.32 Å². The zero-order valence-corrected chi connectivity index (χ0v) is 13.0. The number of carbonyl (C=O) groups is 1. The average Bonchev–Trinajstić information content (AvgIpc) is 2.98. The molecule has 1 heterocycles. The maximum Gasteiger partial charge on any atom is 0.261 e. The summed E-state index contributed by atoms with van der Waals surface area (Å²) in [5.74, 6) is 0.0381. The van der Waals surface area contributed by atoms with Gasteiger partial charge < -0.3 is 5.32 Å². The van der Waals surface area contributed by atoms with Crippen molar-refractivity contribution in [1.29, 1.82) is 0 Å². The van der Waals surface area contributed by atoms with E-state index < -0.39 is 0 Å². The zero-order valence-electron chi connectivity index (χ0n) is 8.98. The van der Waals surface area contributed by atoms with Gasteiger partial charge in [-0.3, -0.25) is 4.79 Å². The second-order valence-electron chi connectivity index (χ2n) is 4.27. The Morgan fingerprint density at radius 1 is 1.56 bits per heavy atom. The van der Waals surface area contributed by atoms with Gasteiger partial charge in [0.2, 0.25) is 0 Å². The summed E-state index contributed by atoms with van der Waals surface area (Å²) in [6, 6.07) is 1.86. The van der Waals surface area contributed by atoms with Crippen molar-refractivity contribution in [3.8, 4) is 0 Å². The Hall–Kier alpha value is 0.130. The topological polar surface area (TPSA) is 29.1 Å². The van der Waals surface area contributed by atoms with Gasteiger partial charge in [0.15, 0.2) is 0 Å². The highest BCUT2D eigenvalue weighted by Gasteiger charge is 2.40. The minimum atomic E-state index is 0.0381. The van der Waals surface area contributed by atoms with Crippen LogP contribution >= 0.6 is 43.2 Å². The Morgan fingerprint density at radius 3 is 2.69 bits per heavy atom. The molecule has 0 aromatic carbocycles. The molecule has 88 valence electrons. The summed E-state index contributed by atoms with van der Waals surface area (Å²) in [7, 11) is 0. The molecular weight excluding hydrogens is 354 g/mol. The first-order valence-corrected chi connectivity index (χ1v) is 7.70. The highest BCUT2D eigenvalue weighted by atomic mass is 79.9. The largest absolute Gasteiger partial charge is 0.351 e. The predicted molar refractivity (Wildman–Crippen MR) is 74.0 cm³/mol. The van der Waals surface area contributed by atoms with Crippen LogP contribution in [0.15, 0.2) is 14.3 Å². The molecule has 1 aromatic rings. The lowest BCUT2D eigenvalue weighted by molar-refractivity contribution is 0.0948. The molecule has 0 unspecified atom stereocenters. The first kappa shape index (κ1) is 12.6. The van der Waals surface area contributed by atoms with Crippen LogP contribution in [0.4, 0.5) is 0 Å². The van der Waals surface area contributed by atoms with Gasteiger partial charge in [0.25, 0.3) is 5.91 Å². The Bertz CT molecular complexity index is 393. The van der Waals surface area contributed by atoms with Crippen LogP contribution in [0.1, 0.15) is 35.9 Å². The van der Waals surface area contributed by atoms with Crippen molar-refractivity contribution in [3.05, 3.63) is 19.2 Å². The number of halogens is 2. The lowest BCUT2D eigenvalue weighted by Crippen LogP contribution is -2.29. The first-order valence-electron chi connectivity index (χ1n) is 5.29. The fourth-order valence-electron chi connectivity index (χ4n) is 1.65. The van der Waals surface area contributed by atoms with Gasteiger partial charge in [-0.1, -0.05) is 6.92 Å². The smallest absolute Gasteiger partial charge is 0.261 e. The van der Waals surface area contributed by atoms with Crippen LogP contribution in [-0.4, -0.2) is 12.5 Å². The molecule has 1 N–H and O–H groups in total. The standard InChI is InChI=1S/C11H13Br2NOS/c1-2-11(3-4-11)6-14-10(15)8-5-7(12)9(13)16-8/h5H,2-4,6H2,1H3,(H,14,15). The van der Waals surface area contributed by atoms with Crippen LogP contribution in [-0.2, 0) is 0 Å². The molecule has 1 aromatic heterocycles. The van der Waals surface area contributed by atoms with Gasteiger partial charge in [0.1, 0.15) is 0 Å². The summed E-state index contributed by atoms with van der Waals surface area (Å²) in [5.41, 5.74) is 0.404. The molecular formula is C11H13Br2NOS. The van der Waals surface area contributed by atoms with E-state index in [1.165, 1.54) is 24.2 Å². The van der Waals surface area contributed by atoms with Crippen molar-refractivity contribution in [3.63, 3.8) is 0 Å².